The van der Waals surface area contributed by atoms with Gasteiger partial charge in [-0.2, -0.15) is 0 Å². The largest absolute Gasteiger partial charge is 0.497 e. The second-order valence-corrected chi connectivity index (χ2v) is 5.87. The Labute approximate surface area is 133 Å². The highest BCUT2D eigenvalue weighted by Gasteiger charge is 2.18. The van der Waals surface area contributed by atoms with Crippen molar-refractivity contribution in [2.75, 3.05) is 7.11 Å². The summed E-state index contributed by atoms with van der Waals surface area (Å²) >= 11 is 2.27. The van der Waals surface area contributed by atoms with Gasteiger partial charge in [-0.15, -0.1) is 0 Å². The summed E-state index contributed by atoms with van der Waals surface area (Å²) in [6.45, 7) is 1.95. The molecular formula is C16H18INO2. The molecular weight excluding hydrogens is 365 g/mol. The maximum Gasteiger partial charge on any atom is 0.138 e. The highest BCUT2D eigenvalue weighted by Crippen LogP contribution is 2.26. The molecule has 0 radical (unpaired) electrons. The molecule has 4 heteroatoms. The molecule has 0 saturated carbocycles. The van der Waals surface area contributed by atoms with Gasteiger partial charge in [-0.05, 0) is 71.5 Å². The quantitative estimate of drug-likeness (QED) is 0.800. The number of halogens is 1. The van der Waals surface area contributed by atoms with Crippen LogP contribution in [-0.4, -0.2) is 13.2 Å². The van der Waals surface area contributed by atoms with Gasteiger partial charge in [0.25, 0.3) is 0 Å². The van der Waals surface area contributed by atoms with Gasteiger partial charge in [-0.3, -0.25) is 0 Å². The molecule has 0 spiro atoms. The van der Waals surface area contributed by atoms with Gasteiger partial charge >= 0.3 is 0 Å². The number of hydrogen-bond acceptors (Lipinski definition) is 3. The first kappa shape index (κ1) is 15.1. The van der Waals surface area contributed by atoms with Crippen LogP contribution in [0.2, 0.25) is 0 Å². The monoisotopic (exact) mass is 383 g/mol. The summed E-state index contributed by atoms with van der Waals surface area (Å²) in [4.78, 5) is 0. The lowest BCUT2D eigenvalue weighted by atomic mass is 10.0. The Hall–Kier alpha value is -1.27. The van der Waals surface area contributed by atoms with Crippen LogP contribution < -0.4 is 15.2 Å². The standard InChI is InChI=1S/C16H18INO2/c1-11(18)16(12-3-7-14(19-2)8-4-12)20-15-9-5-13(17)6-10-15/h3-11,16H,18H2,1-2H3. The van der Waals surface area contributed by atoms with Gasteiger partial charge in [0.15, 0.2) is 0 Å². The van der Waals surface area contributed by atoms with Gasteiger partial charge < -0.3 is 15.2 Å². The summed E-state index contributed by atoms with van der Waals surface area (Å²) in [5.74, 6) is 1.65. The van der Waals surface area contributed by atoms with Crippen LogP contribution in [0, 0.1) is 3.57 Å². The number of methoxy groups -OCH3 is 1. The molecule has 0 saturated heterocycles. The molecule has 20 heavy (non-hydrogen) atoms. The van der Waals surface area contributed by atoms with Crippen LogP contribution in [0.1, 0.15) is 18.6 Å². The molecule has 0 bridgehead atoms. The van der Waals surface area contributed by atoms with Crippen molar-refractivity contribution in [2.45, 2.75) is 19.1 Å². The molecule has 3 nitrogen and oxygen atoms in total. The molecule has 0 aliphatic rings. The molecule has 2 atom stereocenters. The van der Waals surface area contributed by atoms with Gasteiger partial charge in [0.1, 0.15) is 17.6 Å². The minimum atomic E-state index is -0.180. The summed E-state index contributed by atoms with van der Waals surface area (Å²) in [6.07, 6.45) is -0.180. The summed E-state index contributed by atoms with van der Waals surface area (Å²) < 4.78 is 12.4. The molecule has 0 fully saturated rings. The Kier molecular flexibility index (Phi) is 5.25. The van der Waals surface area contributed by atoms with Crippen LogP contribution in [0.4, 0.5) is 0 Å². The third-order valence-electron chi connectivity index (χ3n) is 3.00. The van der Waals surface area contributed by atoms with Crippen LogP contribution in [0.3, 0.4) is 0 Å². The predicted molar refractivity (Wildman–Crippen MR) is 89.2 cm³/mol. The van der Waals surface area contributed by atoms with Gasteiger partial charge in [-0.25, -0.2) is 0 Å². The molecule has 2 rings (SSSR count). The normalized spacial score (nSPS) is 13.6. The summed E-state index contributed by atoms with van der Waals surface area (Å²) in [6, 6.07) is 15.7. The second kappa shape index (κ2) is 6.95. The average molecular weight is 383 g/mol. The van der Waals surface area contributed by atoms with Crippen molar-refractivity contribution in [2.24, 2.45) is 5.73 Å². The van der Waals surface area contributed by atoms with Crippen LogP contribution in [0.15, 0.2) is 48.5 Å². The van der Waals surface area contributed by atoms with E-state index in [0.29, 0.717) is 0 Å². The zero-order chi connectivity index (χ0) is 14.5. The molecule has 0 aliphatic carbocycles. The lowest BCUT2D eigenvalue weighted by Crippen LogP contribution is -2.29. The SMILES string of the molecule is COc1ccc(C(Oc2ccc(I)cc2)C(C)N)cc1. The number of nitrogens with two attached hydrogens (primary N) is 1. The molecule has 2 N–H and O–H groups in total. The fourth-order valence-corrected chi connectivity index (χ4v) is 2.29. The van der Waals surface area contributed by atoms with E-state index in [0.717, 1.165) is 17.1 Å². The van der Waals surface area contributed by atoms with E-state index in [4.69, 9.17) is 15.2 Å². The Morgan fingerprint density at radius 1 is 0.950 bits per heavy atom. The van der Waals surface area contributed by atoms with E-state index in [9.17, 15) is 0 Å². The summed E-state index contributed by atoms with van der Waals surface area (Å²) in [5.41, 5.74) is 7.10. The number of rotatable bonds is 5. The van der Waals surface area contributed by atoms with Crippen molar-refractivity contribution in [1.82, 2.24) is 0 Å². The summed E-state index contributed by atoms with van der Waals surface area (Å²) in [7, 11) is 1.65. The number of hydrogen-bond donors (Lipinski definition) is 1. The zero-order valence-corrected chi connectivity index (χ0v) is 13.7. The van der Waals surface area contributed by atoms with Crippen LogP contribution in [0.5, 0.6) is 11.5 Å². The number of ether oxygens (including phenoxy) is 2. The van der Waals surface area contributed by atoms with E-state index in [1.807, 2.05) is 55.5 Å². The first-order chi connectivity index (χ1) is 9.60. The first-order valence-corrected chi connectivity index (χ1v) is 7.50. The van der Waals surface area contributed by atoms with Crippen molar-refractivity contribution < 1.29 is 9.47 Å². The minimum absolute atomic E-state index is 0.109. The maximum absolute atomic E-state index is 6.06. The third-order valence-corrected chi connectivity index (χ3v) is 3.72. The van der Waals surface area contributed by atoms with Crippen molar-refractivity contribution in [1.29, 1.82) is 0 Å². The average Bonchev–Trinajstić information content (AvgIpc) is 2.46. The van der Waals surface area contributed by atoms with Crippen LogP contribution >= 0.6 is 22.6 Å². The fraction of sp³-hybridized carbons (Fsp3) is 0.250. The maximum atomic E-state index is 6.06. The molecule has 0 aromatic heterocycles. The van der Waals surface area contributed by atoms with Gasteiger partial charge in [0, 0.05) is 9.61 Å². The highest BCUT2D eigenvalue weighted by molar-refractivity contribution is 14.1. The third kappa shape index (κ3) is 3.86. The zero-order valence-electron chi connectivity index (χ0n) is 11.5. The molecule has 0 amide bonds. The summed E-state index contributed by atoms with van der Waals surface area (Å²) in [5, 5.41) is 0. The molecule has 2 aromatic rings. The lowest BCUT2D eigenvalue weighted by molar-refractivity contribution is 0.180. The lowest BCUT2D eigenvalue weighted by Gasteiger charge is -2.23. The topological polar surface area (TPSA) is 44.5 Å². The Morgan fingerprint density at radius 2 is 1.50 bits per heavy atom. The second-order valence-electron chi connectivity index (χ2n) is 4.62. The Morgan fingerprint density at radius 3 is 2.00 bits per heavy atom. The van der Waals surface area contributed by atoms with E-state index in [2.05, 4.69) is 22.6 Å². The van der Waals surface area contributed by atoms with Crippen molar-refractivity contribution in [3.63, 3.8) is 0 Å². The number of benzene rings is 2. The van der Waals surface area contributed by atoms with E-state index >= 15 is 0 Å². The van der Waals surface area contributed by atoms with E-state index in [1.54, 1.807) is 7.11 Å². The van der Waals surface area contributed by atoms with E-state index in [-0.39, 0.29) is 12.1 Å². The van der Waals surface area contributed by atoms with Gasteiger partial charge in [0.05, 0.1) is 7.11 Å². The predicted octanol–water partition coefficient (Wildman–Crippen LogP) is 3.77. The van der Waals surface area contributed by atoms with Crippen LogP contribution in [-0.2, 0) is 0 Å². The van der Waals surface area contributed by atoms with Crippen molar-refractivity contribution >= 4 is 22.6 Å². The van der Waals surface area contributed by atoms with E-state index in [1.165, 1.54) is 3.57 Å². The van der Waals surface area contributed by atoms with Gasteiger partial charge in [-0.1, -0.05) is 12.1 Å². The first-order valence-electron chi connectivity index (χ1n) is 6.42. The van der Waals surface area contributed by atoms with E-state index < -0.39 is 0 Å². The van der Waals surface area contributed by atoms with Crippen LogP contribution in [0.25, 0.3) is 0 Å². The Bertz CT molecular complexity index is 537. The minimum Gasteiger partial charge on any atom is -0.497 e. The fourth-order valence-electron chi connectivity index (χ4n) is 1.93. The molecule has 0 aliphatic heterocycles. The highest BCUT2D eigenvalue weighted by atomic mass is 127. The molecule has 2 unspecified atom stereocenters. The van der Waals surface area contributed by atoms with Crippen molar-refractivity contribution in [3.8, 4) is 11.5 Å². The molecule has 106 valence electrons. The molecule has 2 aromatic carbocycles. The van der Waals surface area contributed by atoms with Gasteiger partial charge in [0.2, 0.25) is 0 Å². The smallest absolute Gasteiger partial charge is 0.138 e. The molecule has 0 heterocycles. The van der Waals surface area contributed by atoms with Crippen molar-refractivity contribution in [3.05, 3.63) is 57.7 Å². The Balaban J connectivity index is 2.19.